The molecular weight excluding hydrogens is 458 g/mol. The lowest BCUT2D eigenvalue weighted by Crippen LogP contribution is -2.26. The molecule has 0 saturated heterocycles. The van der Waals surface area contributed by atoms with Crippen LogP contribution in [0, 0.1) is 23.7 Å². The van der Waals surface area contributed by atoms with Gasteiger partial charge in [0.2, 0.25) is 0 Å². The van der Waals surface area contributed by atoms with Crippen molar-refractivity contribution in [1.29, 1.82) is 5.26 Å². The molecule has 0 aliphatic heterocycles. The smallest absolute Gasteiger partial charge is 0.261 e. The van der Waals surface area contributed by atoms with Gasteiger partial charge >= 0.3 is 0 Å². The molecule has 0 bridgehead atoms. The topological polar surface area (TPSA) is 87.1 Å². The van der Waals surface area contributed by atoms with Crippen LogP contribution in [-0.2, 0) is 11.2 Å². The molecule has 2 aromatic carbocycles. The number of methoxy groups -OCH3 is 1. The molecule has 31 heavy (non-hydrogen) atoms. The molecular formula is C24H20BrN3O3. The maximum absolute atomic E-state index is 12.5. The number of terminal acetylenes is 1. The minimum atomic E-state index is -0.444. The summed E-state index contributed by atoms with van der Waals surface area (Å²) in [7, 11) is 1.50. The van der Waals surface area contributed by atoms with Gasteiger partial charge in [0.1, 0.15) is 18.2 Å². The molecule has 0 fully saturated rings. The van der Waals surface area contributed by atoms with E-state index in [1.54, 1.807) is 12.1 Å². The number of nitrogens with zero attached hydrogens (tertiary/aromatic N) is 1. The highest BCUT2D eigenvalue weighted by atomic mass is 79.9. The average Bonchev–Trinajstić information content (AvgIpc) is 3.20. The van der Waals surface area contributed by atoms with Crippen molar-refractivity contribution in [2.75, 3.05) is 20.3 Å². The van der Waals surface area contributed by atoms with E-state index < -0.39 is 5.91 Å². The molecule has 0 spiro atoms. The van der Waals surface area contributed by atoms with Gasteiger partial charge in [-0.25, -0.2) is 0 Å². The Labute approximate surface area is 189 Å². The number of carbonyl (C=O) groups excluding carboxylic acids is 1. The zero-order valence-corrected chi connectivity index (χ0v) is 18.5. The summed E-state index contributed by atoms with van der Waals surface area (Å²) in [6, 6.07) is 13.3. The van der Waals surface area contributed by atoms with E-state index in [4.69, 9.17) is 15.9 Å². The van der Waals surface area contributed by atoms with E-state index in [2.05, 4.69) is 32.2 Å². The highest BCUT2D eigenvalue weighted by molar-refractivity contribution is 9.10. The zero-order chi connectivity index (χ0) is 22.2. The van der Waals surface area contributed by atoms with Crippen molar-refractivity contribution in [2.24, 2.45) is 0 Å². The number of para-hydroxylation sites is 1. The second kappa shape index (κ2) is 10.4. The lowest BCUT2D eigenvalue weighted by molar-refractivity contribution is -0.117. The van der Waals surface area contributed by atoms with Gasteiger partial charge in [-0.05, 0) is 41.8 Å². The van der Waals surface area contributed by atoms with Crippen LogP contribution in [0.2, 0.25) is 0 Å². The van der Waals surface area contributed by atoms with E-state index >= 15 is 0 Å². The van der Waals surface area contributed by atoms with Crippen LogP contribution in [0.4, 0.5) is 0 Å². The molecule has 2 N–H and O–H groups in total. The van der Waals surface area contributed by atoms with Crippen molar-refractivity contribution in [2.45, 2.75) is 6.42 Å². The highest BCUT2D eigenvalue weighted by Crippen LogP contribution is 2.34. The molecule has 7 heteroatoms. The highest BCUT2D eigenvalue weighted by Gasteiger charge is 2.13. The Morgan fingerprint density at radius 2 is 2.13 bits per heavy atom. The number of aromatic amines is 1. The molecule has 1 aromatic heterocycles. The summed E-state index contributed by atoms with van der Waals surface area (Å²) < 4.78 is 11.4. The van der Waals surface area contributed by atoms with E-state index in [0.29, 0.717) is 34.5 Å². The number of carbonyl (C=O) groups is 1. The minimum Gasteiger partial charge on any atom is -0.493 e. The number of fused-ring (bicyclic) bond motifs is 1. The van der Waals surface area contributed by atoms with Crippen molar-refractivity contribution in [1.82, 2.24) is 10.3 Å². The van der Waals surface area contributed by atoms with Crippen LogP contribution in [0.25, 0.3) is 17.0 Å². The van der Waals surface area contributed by atoms with Gasteiger partial charge < -0.3 is 19.8 Å². The second-order valence-corrected chi connectivity index (χ2v) is 7.41. The standard InChI is InChI=1S/C24H20BrN3O3/c1-3-10-31-23-13-20(25)17(12-22(23)30-2)11-18(14-26)24(29)27-9-8-16-15-28-21-7-5-4-6-19(16)21/h1,4-7,11-13,15,28H,8-10H2,2H3,(H,27,29)/b18-11+. The number of nitrogens with one attached hydrogen (secondary N) is 2. The van der Waals surface area contributed by atoms with Gasteiger partial charge in [0.15, 0.2) is 11.5 Å². The molecule has 0 radical (unpaired) electrons. The first-order valence-corrected chi connectivity index (χ1v) is 10.3. The van der Waals surface area contributed by atoms with E-state index in [1.165, 1.54) is 13.2 Å². The Kier molecular flexibility index (Phi) is 7.37. The van der Waals surface area contributed by atoms with E-state index in [1.807, 2.05) is 36.5 Å². The van der Waals surface area contributed by atoms with E-state index in [0.717, 1.165) is 16.5 Å². The van der Waals surface area contributed by atoms with Gasteiger partial charge in [0.05, 0.1) is 7.11 Å². The summed E-state index contributed by atoms with van der Waals surface area (Å²) in [5, 5.41) is 13.4. The summed E-state index contributed by atoms with van der Waals surface area (Å²) in [5.74, 6) is 2.86. The third-order valence-electron chi connectivity index (χ3n) is 4.61. The Bertz CT molecular complexity index is 1220. The van der Waals surface area contributed by atoms with Gasteiger partial charge in [-0.2, -0.15) is 5.26 Å². The SMILES string of the molecule is C#CCOc1cc(Br)c(/C=C(\C#N)C(=O)NCCc2c[nH]c3ccccc23)cc1OC. The Morgan fingerprint density at radius 1 is 1.32 bits per heavy atom. The molecule has 3 aromatic rings. The predicted molar refractivity (Wildman–Crippen MR) is 124 cm³/mol. The second-order valence-electron chi connectivity index (χ2n) is 6.55. The number of hydrogen-bond donors (Lipinski definition) is 2. The number of hydrogen-bond acceptors (Lipinski definition) is 4. The Hall–Kier alpha value is -3.68. The van der Waals surface area contributed by atoms with Crippen molar-refractivity contribution in [3.05, 3.63) is 63.8 Å². The maximum Gasteiger partial charge on any atom is 0.261 e. The summed E-state index contributed by atoms with van der Waals surface area (Å²) in [6.07, 6.45) is 9.31. The Balaban J connectivity index is 1.71. The fourth-order valence-electron chi connectivity index (χ4n) is 3.10. The number of amides is 1. The molecule has 1 heterocycles. The third-order valence-corrected chi connectivity index (χ3v) is 5.30. The number of H-pyrrole nitrogens is 1. The predicted octanol–water partition coefficient (Wildman–Crippen LogP) is 4.22. The minimum absolute atomic E-state index is 0.0148. The molecule has 156 valence electrons. The van der Waals surface area contributed by atoms with Crippen molar-refractivity contribution < 1.29 is 14.3 Å². The molecule has 0 unspecified atom stereocenters. The number of rotatable bonds is 8. The summed E-state index contributed by atoms with van der Waals surface area (Å²) in [6.45, 7) is 0.503. The van der Waals surface area contributed by atoms with Gasteiger partial charge in [-0.3, -0.25) is 4.79 Å². The first-order chi connectivity index (χ1) is 15.1. The molecule has 1 amide bonds. The average molecular weight is 478 g/mol. The monoisotopic (exact) mass is 477 g/mol. The number of halogens is 1. The fraction of sp³-hybridized carbons (Fsp3) is 0.167. The molecule has 6 nitrogen and oxygen atoms in total. The van der Waals surface area contributed by atoms with Gasteiger partial charge in [0.25, 0.3) is 5.91 Å². The summed E-state index contributed by atoms with van der Waals surface area (Å²) >= 11 is 3.43. The lowest BCUT2D eigenvalue weighted by Gasteiger charge is -2.11. The maximum atomic E-state index is 12.5. The van der Waals surface area contributed by atoms with E-state index in [-0.39, 0.29) is 12.2 Å². The van der Waals surface area contributed by atoms with Crippen LogP contribution in [0.5, 0.6) is 11.5 Å². The van der Waals surface area contributed by atoms with Gasteiger partial charge in [0, 0.05) is 28.1 Å². The van der Waals surface area contributed by atoms with Crippen LogP contribution in [0.3, 0.4) is 0 Å². The fourth-order valence-corrected chi connectivity index (χ4v) is 3.54. The normalized spacial score (nSPS) is 10.9. The van der Waals surface area contributed by atoms with Crippen LogP contribution in [0.15, 0.2) is 52.6 Å². The van der Waals surface area contributed by atoms with Gasteiger partial charge in [-0.15, -0.1) is 6.42 Å². The van der Waals surface area contributed by atoms with E-state index in [9.17, 15) is 10.1 Å². The first kappa shape index (κ1) is 22.0. The number of ether oxygens (including phenoxy) is 2. The zero-order valence-electron chi connectivity index (χ0n) is 16.9. The van der Waals surface area contributed by atoms with Crippen molar-refractivity contribution >= 4 is 38.8 Å². The summed E-state index contributed by atoms with van der Waals surface area (Å²) in [5.41, 5.74) is 2.75. The molecule has 0 aliphatic rings. The molecule has 3 rings (SSSR count). The first-order valence-electron chi connectivity index (χ1n) is 9.46. The summed E-state index contributed by atoms with van der Waals surface area (Å²) in [4.78, 5) is 15.8. The van der Waals surface area contributed by atoms with Crippen LogP contribution in [0.1, 0.15) is 11.1 Å². The van der Waals surface area contributed by atoms with Gasteiger partial charge in [-0.1, -0.05) is 40.0 Å². The third kappa shape index (κ3) is 5.28. The Morgan fingerprint density at radius 3 is 2.87 bits per heavy atom. The van der Waals surface area contributed by atoms with Crippen molar-refractivity contribution in [3.8, 4) is 29.9 Å². The van der Waals surface area contributed by atoms with Crippen LogP contribution in [-0.4, -0.2) is 31.2 Å². The largest absolute Gasteiger partial charge is 0.493 e. The van der Waals surface area contributed by atoms with Crippen LogP contribution < -0.4 is 14.8 Å². The quantitative estimate of drug-likeness (QED) is 0.289. The molecule has 0 saturated carbocycles. The molecule has 0 aliphatic carbocycles. The van der Waals surface area contributed by atoms with Crippen LogP contribution >= 0.6 is 15.9 Å². The number of nitriles is 1. The van der Waals surface area contributed by atoms with Crippen molar-refractivity contribution in [3.63, 3.8) is 0 Å². The number of benzene rings is 2. The lowest BCUT2D eigenvalue weighted by atomic mass is 10.1. The molecule has 0 atom stereocenters. The number of aromatic nitrogens is 1.